The van der Waals surface area contributed by atoms with Gasteiger partial charge < -0.3 is 10.1 Å². The molecule has 0 heterocycles. The number of rotatable bonds is 5. The molecule has 5 heteroatoms. The Bertz CT molecular complexity index is 698. The van der Waals surface area contributed by atoms with Crippen LogP contribution in [-0.2, 0) is 19.7 Å². The van der Waals surface area contributed by atoms with Crippen LogP contribution in [0.4, 0.5) is 5.69 Å². The summed E-state index contributed by atoms with van der Waals surface area (Å²) in [6, 6.07) is 16.8. The van der Waals surface area contributed by atoms with Gasteiger partial charge in [0, 0.05) is 9.26 Å². The first-order chi connectivity index (χ1) is 10.9. The predicted molar refractivity (Wildman–Crippen MR) is 98.2 cm³/mol. The molecule has 0 saturated heterocycles. The number of benzene rings is 2. The van der Waals surface area contributed by atoms with Crippen molar-refractivity contribution >= 4 is 40.2 Å². The van der Waals surface area contributed by atoms with Crippen molar-refractivity contribution in [1.82, 2.24) is 0 Å². The highest BCUT2D eigenvalue weighted by atomic mass is 127. The number of amides is 1. The van der Waals surface area contributed by atoms with Crippen LogP contribution in [0.25, 0.3) is 0 Å². The van der Waals surface area contributed by atoms with Crippen LogP contribution in [0.1, 0.15) is 19.4 Å². The van der Waals surface area contributed by atoms with Gasteiger partial charge in [-0.1, -0.05) is 36.4 Å². The highest BCUT2D eigenvalue weighted by molar-refractivity contribution is 14.1. The van der Waals surface area contributed by atoms with Crippen LogP contribution in [0.3, 0.4) is 0 Å². The minimum atomic E-state index is -0.802. The van der Waals surface area contributed by atoms with E-state index < -0.39 is 11.4 Å². The number of hydrogen-bond donors (Lipinski definition) is 1. The molecule has 2 rings (SSSR count). The molecule has 120 valence electrons. The van der Waals surface area contributed by atoms with Gasteiger partial charge in [-0.15, -0.1) is 0 Å². The first kappa shape index (κ1) is 17.5. The molecule has 4 nitrogen and oxygen atoms in total. The van der Waals surface area contributed by atoms with Crippen molar-refractivity contribution in [2.24, 2.45) is 0 Å². The van der Waals surface area contributed by atoms with E-state index in [1.807, 2.05) is 48.5 Å². The fraction of sp³-hybridized carbons (Fsp3) is 0.222. The van der Waals surface area contributed by atoms with Gasteiger partial charge in [-0.05, 0) is 60.2 Å². The zero-order valence-electron chi connectivity index (χ0n) is 13.0. The van der Waals surface area contributed by atoms with E-state index in [9.17, 15) is 9.59 Å². The van der Waals surface area contributed by atoms with E-state index in [1.54, 1.807) is 19.9 Å². The fourth-order valence-electron chi connectivity index (χ4n) is 2.05. The normalized spacial score (nSPS) is 10.9. The Kier molecular flexibility index (Phi) is 5.76. The molecule has 0 aromatic heterocycles. The molecular weight excluding hydrogens is 405 g/mol. The number of carbonyl (C=O) groups is 2. The topological polar surface area (TPSA) is 55.4 Å². The van der Waals surface area contributed by atoms with Gasteiger partial charge in [0.15, 0.2) is 6.61 Å². The third-order valence-electron chi connectivity index (χ3n) is 3.45. The van der Waals surface area contributed by atoms with E-state index in [2.05, 4.69) is 27.9 Å². The minimum Gasteiger partial charge on any atom is -0.455 e. The van der Waals surface area contributed by atoms with Gasteiger partial charge in [0.25, 0.3) is 5.91 Å². The van der Waals surface area contributed by atoms with E-state index >= 15 is 0 Å². The molecule has 23 heavy (non-hydrogen) atoms. The molecule has 0 aliphatic rings. The van der Waals surface area contributed by atoms with Crippen molar-refractivity contribution in [3.8, 4) is 0 Å². The molecule has 0 aliphatic heterocycles. The van der Waals surface area contributed by atoms with Crippen LogP contribution >= 0.6 is 22.6 Å². The number of halogens is 1. The second-order valence-electron chi connectivity index (χ2n) is 5.63. The van der Waals surface area contributed by atoms with E-state index in [1.165, 1.54) is 0 Å². The van der Waals surface area contributed by atoms with Gasteiger partial charge in [-0.25, -0.2) is 0 Å². The predicted octanol–water partition coefficient (Wildman–Crippen LogP) is 3.75. The summed E-state index contributed by atoms with van der Waals surface area (Å²) in [5.74, 6) is -0.786. The number of nitrogens with one attached hydrogen (secondary N) is 1. The highest BCUT2D eigenvalue weighted by Crippen LogP contribution is 2.24. The van der Waals surface area contributed by atoms with E-state index in [0.29, 0.717) is 5.69 Å². The minimum absolute atomic E-state index is 0.305. The number of carbonyl (C=O) groups excluding carboxylic acids is 2. The smallest absolute Gasteiger partial charge is 0.316 e. The largest absolute Gasteiger partial charge is 0.455 e. The molecule has 1 N–H and O–H groups in total. The number of hydrogen-bond acceptors (Lipinski definition) is 3. The Morgan fingerprint density at radius 1 is 1.09 bits per heavy atom. The number of esters is 1. The molecule has 0 fully saturated rings. The molecule has 1 amide bonds. The molecule has 2 aromatic carbocycles. The van der Waals surface area contributed by atoms with Gasteiger partial charge in [0.05, 0.1) is 5.41 Å². The molecule has 0 radical (unpaired) electrons. The standard InChI is InChI=1S/C18H18INO3/c1-18(2,13-7-4-3-5-8-13)17(22)23-12-16(21)20-15-10-6-9-14(19)11-15/h3-11H,12H2,1-2H3,(H,20,21). The Morgan fingerprint density at radius 3 is 2.43 bits per heavy atom. The molecule has 2 aromatic rings. The fourth-order valence-corrected chi connectivity index (χ4v) is 2.59. The van der Waals surface area contributed by atoms with Crippen LogP contribution in [0.2, 0.25) is 0 Å². The van der Waals surface area contributed by atoms with Crippen molar-refractivity contribution in [3.05, 3.63) is 63.7 Å². The first-order valence-corrected chi connectivity index (χ1v) is 8.25. The van der Waals surface area contributed by atoms with Crippen LogP contribution in [-0.4, -0.2) is 18.5 Å². The van der Waals surface area contributed by atoms with Crippen molar-refractivity contribution in [1.29, 1.82) is 0 Å². The lowest BCUT2D eigenvalue weighted by atomic mass is 9.85. The Balaban J connectivity index is 1.92. The highest BCUT2D eigenvalue weighted by Gasteiger charge is 2.31. The second-order valence-corrected chi connectivity index (χ2v) is 6.87. The van der Waals surface area contributed by atoms with Crippen LogP contribution in [0, 0.1) is 3.57 Å². The summed E-state index contributed by atoms with van der Waals surface area (Å²) in [5, 5.41) is 2.71. The third-order valence-corrected chi connectivity index (χ3v) is 4.12. The monoisotopic (exact) mass is 423 g/mol. The summed E-state index contributed by atoms with van der Waals surface area (Å²) in [5.41, 5.74) is 0.729. The lowest BCUT2D eigenvalue weighted by molar-refractivity contribution is -0.152. The maximum Gasteiger partial charge on any atom is 0.316 e. The van der Waals surface area contributed by atoms with Crippen molar-refractivity contribution in [3.63, 3.8) is 0 Å². The molecule has 0 atom stereocenters. The van der Waals surface area contributed by atoms with Crippen LogP contribution < -0.4 is 5.32 Å². The summed E-state index contributed by atoms with van der Waals surface area (Å²) in [7, 11) is 0. The quantitative estimate of drug-likeness (QED) is 0.589. The average molecular weight is 423 g/mol. The number of anilines is 1. The van der Waals surface area contributed by atoms with E-state index in [-0.39, 0.29) is 12.5 Å². The zero-order valence-corrected chi connectivity index (χ0v) is 15.2. The van der Waals surface area contributed by atoms with Crippen molar-refractivity contribution in [2.45, 2.75) is 19.3 Å². The van der Waals surface area contributed by atoms with E-state index in [4.69, 9.17) is 4.74 Å². The SMILES string of the molecule is CC(C)(C(=O)OCC(=O)Nc1cccc(I)c1)c1ccccc1. The van der Waals surface area contributed by atoms with Crippen LogP contribution in [0.5, 0.6) is 0 Å². The number of ether oxygens (including phenoxy) is 1. The van der Waals surface area contributed by atoms with Gasteiger partial charge in [0.1, 0.15) is 0 Å². The molecule has 0 saturated carbocycles. The lowest BCUT2D eigenvalue weighted by Gasteiger charge is -2.22. The van der Waals surface area contributed by atoms with Crippen molar-refractivity contribution < 1.29 is 14.3 Å². The summed E-state index contributed by atoms with van der Waals surface area (Å²) < 4.78 is 6.19. The Hall–Kier alpha value is -1.89. The third kappa shape index (κ3) is 4.79. The van der Waals surface area contributed by atoms with Gasteiger partial charge in [0.2, 0.25) is 0 Å². The van der Waals surface area contributed by atoms with Crippen molar-refractivity contribution in [2.75, 3.05) is 11.9 Å². The first-order valence-electron chi connectivity index (χ1n) is 7.18. The summed E-state index contributed by atoms with van der Waals surface area (Å²) in [4.78, 5) is 24.2. The maximum atomic E-state index is 12.3. The Morgan fingerprint density at radius 2 is 1.78 bits per heavy atom. The molecular formula is C18H18INO3. The van der Waals surface area contributed by atoms with E-state index in [0.717, 1.165) is 9.13 Å². The summed E-state index contributed by atoms with van der Waals surface area (Å²) in [6.45, 7) is 3.25. The zero-order chi connectivity index (χ0) is 16.9. The average Bonchev–Trinajstić information content (AvgIpc) is 2.53. The van der Waals surface area contributed by atoms with Gasteiger partial charge in [-0.2, -0.15) is 0 Å². The summed E-state index contributed by atoms with van der Waals surface area (Å²) in [6.07, 6.45) is 0. The molecule has 0 spiro atoms. The lowest BCUT2D eigenvalue weighted by Crippen LogP contribution is -2.33. The molecule has 0 bridgehead atoms. The Labute approximate surface area is 149 Å². The maximum absolute atomic E-state index is 12.3. The second kappa shape index (κ2) is 7.59. The summed E-state index contributed by atoms with van der Waals surface area (Å²) >= 11 is 2.16. The van der Waals surface area contributed by atoms with Gasteiger partial charge in [-0.3, -0.25) is 9.59 Å². The van der Waals surface area contributed by atoms with Gasteiger partial charge >= 0.3 is 5.97 Å². The molecule has 0 aliphatic carbocycles. The molecule has 0 unspecified atom stereocenters. The van der Waals surface area contributed by atoms with Crippen LogP contribution in [0.15, 0.2) is 54.6 Å².